The Kier molecular flexibility index (Phi) is 2.90. The van der Waals surface area contributed by atoms with Gasteiger partial charge in [-0.15, -0.1) is 0 Å². The molecule has 96 valence electrons. The molecular formula is C16H22N2. The van der Waals surface area contributed by atoms with Crippen LogP contribution in [-0.4, -0.2) is 29.7 Å². The average Bonchev–Trinajstić information content (AvgIpc) is 2.70. The first-order chi connectivity index (χ1) is 8.65. The number of benzene rings is 1. The van der Waals surface area contributed by atoms with E-state index in [9.17, 15) is 0 Å². The van der Waals surface area contributed by atoms with Crippen LogP contribution in [0.1, 0.15) is 34.6 Å². The zero-order valence-corrected chi connectivity index (χ0v) is 11.6. The third kappa shape index (κ3) is 1.95. The lowest BCUT2D eigenvalue weighted by Gasteiger charge is -2.28. The molecule has 1 atom stereocenters. The molecule has 0 N–H and O–H groups in total. The zero-order chi connectivity index (χ0) is 12.7. The van der Waals surface area contributed by atoms with Gasteiger partial charge < -0.3 is 5.01 Å². The molecule has 0 aromatic heterocycles. The SMILES string of the molecule is Cc1cc(C)c(C2CN3C=CCCN3C2)c(C)c1. The van der Waals surface area contributed by atoms with Crippen molar-refractivity contribution in [3.8, 4) is 0 Å². The summed E-state index contributed by atoms with van der Waals surface area (Å²) in [5.41, 5.74) is 5.87. The minimum atomic E-state index is 0.661. The highest BCUT2D eigenvalue weighted by molar-refractivity contribution is 5.40. The summed E-state index contributed by atoms with van der Waals surface area (Å²) in [5, 5.41) is 4.89. The highest BCUT2D eigenvalue weighted by Crippen LogP contribution is 2.32. The molecule has 0 bridgehead atoms. The standard InChI is InChI=1S/C16H22N2/c1-12-8-13(2)16(14(3)9-12)15-10-17-6-4-5-7-18(17)11-15/h4,6,8-9,15H,5,7,10-11H2,1-3H3. The molecule has 0 amide bonds. The Morgan fingerprint density at radius 2 is 1.78 bits per heavy atom. The Balaban J connectivity index is 1.91. The van der Waals surface area contributed by atoms with E-state index in [4.69, 9.17) is 0 Å². The molecule has 0 radical (unpaired) electrons. The molecule has 0 saturated carbocycles. The fourth-order valence-corrected chi connectivity index (χ4v) is 3.57. The van der Waals surface area contributed by atoms with E-state index in [1.54, 1.807) is 5.56 Å². The lowest BCUT2D eigenvalue weighted by Crippen LogP contribution is -2.35. The van der Waals surface area contributed by atoms with Gasteiger partial charge in [-0.25, -0.2) is 5.01 Å². The van der Waals surface area contributed by atoms with Gasteiger partial charge in [0.1, 0.15) is 0 Å². The van der Waals surface area contributed by atoms with Crippen molar-refractivity contribution in [3.05, 3.63) is 46.7 Å². The van der Waals surface area contributed by atoms with E-state index in [2.05, 4.69) is 55.2 Å². The summed E-state index contributed by atoms with van der Waals surface area (Å²) in [6.07, 6.45) is 5.73. The van der Waals surface area contributed by atoms with Crippen LogP contribution in [0.4, 0.5) is 0 Å². The molecule has 1 saturated heterocycles. The number of fused-ring (bicyclic) bond motifs is 1. The molecule has 1 aromatic rings. The minimum absolute atomic E-state index is 0.661. The van der Waals surface area contributed by atoms with Crippen LogP contribution in [0, 0.1) is 20.8 Å². The molecule has 2 heterocycles. The summed E-state index contributed by atoms with van der Waals surface area (Å²) in [7, 11) is 0. The van der Waals surface area contributed by atoms with Crippen LogP contribution in [0.25, 0.3) is 0 Å². The van der Waals surface area contributed by atoms with Gasteiger partial charge in [0, 0.05) is 31.8 Å². The monoisotopic (exact) mass is 242 g/mol. The summed E-state index contributed by atoms with van der Waals surface area (Å²) in [5.74, 6) is 0.661. The van der Waals surface area contributed by atoms with E-state index < -0.39 is 0 Å². The third-order valence-electron chi connectivity index (χ3n) is 4.18. The van der Waals surface area contributed by atoms with Crippen molar-refractivity contribution >= 4 is 0 Å². The highest BCUT2D eigenvalue weighted by atomic mass is 15.6. The smallest absolute Gasteiger partial charge is 0.0422 e. The predicted molar refractivity (Wildman–Crippen MR) is 75.4 cm³/mol. The van der Waals surface area contributed by atoms with E-state index in [1.165, 1.54) is 36.2 Å². The van der Waals surface area contributed by atoms with Crippen LogP contribution >= 0.6 is 0 Å². The lowest BCUT2D eigenvalue weighted by atomic mass is 9.90. The van der Waals surface area contributed by atoms with Crippen LogP contribution in [0.2, 0.25) is 0 Å². The van der Waals surface area contributed by atoms with Crippen LogP contribution < -0.4 is 0 Å². The Bertz CT molecular complexity index is 467. The summed E-state index contributed by atoms with van der Waals surface area (Å²) >= 11 is 0. The van der Waals surface area contributed by atoms with Crippen molar-refractivity contribution in [1.29, 1.82) is 0 Å². The molecule has 18 heavy (non-hydrogen) atoms. The van der Waals surface area contributed by atoms with E-state index in [0.717, 1.165) is 6.54 Å². The van der Waals surface area contributed by atoms with Crippen LogP contribution in [0.3, 0.4) is 0 Å². The maximum Gasteiger partial charge on any atom is 0.0422 e. The summed E-state index contributed by atoms with van der Waals surface area (Å²) in [6.45, 7) is 10.2. The van der Waals surface area contributed by atoms with Crippen LogP contribution in [0.5, 0.6) is 0 Å². The minimum Gasteiger partial charge on any atom is -0.313 e. The fraction of sp³-hybridized carbons (Fsp3) is 0.500. The van der Waals surface area contributed by atoms with Crippen LogP contribution in [-0.2, 0) is 0 Å². The van der Waals surface area contributed by atoms with E-state index >= 15 is 0 Å². The number of aryl methyl sites for hydroxylation is 3. The fourth-order valence-electron chi connectivity index (χ4n) is 3.57. The van der Waals surface area contributed by atoms with Gasteiger partial charge in [-0.05, 0) is 43.9 Å². The van der Waals surface area contributed by atoms with Gasteiger partial charge in [-0.3, -0.25) is 0 Å². The highest BCUT2D eigenvalue weighted by Gasteiger charge is 2.31. The predicted octanol–water partition coefficient (Wildman–Crippen LogP) is 3.15. The topological polar surface area (TPSA) is 6.48 Å². The van der Waals surface area contributed by atoms with E-state index in [-0.39, 0.29) is 0 Å². The van der Waals surface area contributed by atoms with Crippen molar-refractivity contribution in [2.24, 2.45) is 0 Å². The van der Waals surface area contributed by atoms with Gasteiger partial charge in [0.2, 0.25) is 0 Å². The molecule has 2 heteroatoms. The zero-order valence-electron chi connectivity index (χ0n) is 11.6. The van der Waals surface area contributed by atoms with Gasteiger partial charge in [-0.1, -0.05) is 23.8 Å². The number of hydrogen-bond acceptors (Lipinski definition) is 2. The Morgan fingerprint density at radius 1 is 1.06 bits per heavy atom. The van der Waals surface area contributed by atoms with Gasteiger partial charge in [0.15, 0.2) is 0 Å². The van der Waals surface area contributed by atoms with Crippen molar-refractivity contribution in [2.75, 3.05) is 19.6 Å². The van der Waals surface area contributed by atoms with Gasteiger partial charge in [0.05, 0.1) is 0 Å². The van der Waals surface area contributed by atoms with Crippen molar-refractivity contribution in [3.63, 3.8) is 0 Å². The molecule has 1 fully saturated rings. The number of hydrogen-bond donors (Lipinski definition) is 0. The average molecular weight is 242 g/mol. The normalized spacial score (nSPS) is 23.5. The summed E-state index contributed by atoms with van der Waals surface area (Å²) in [6, 6.07) is 4.65. The third-order valence-corrected chi connectivity index (χ3v) is 4.18. The number of rotatable bonds is 1. The molecule has 2 aliphatic heterocycles. The largest absolute Gasteiger partial charge is 0.313 e. The molecule has 1 unspecified atom stereocenters. The molecule has 3 rings (SSSR count). The summed E-state index contributed by atoms with van der Waals surface area (Å²) < 4.78 is 0. The molecular weight excluding hydrogens is 220 g/mol. The summed E-state index contributed by atoms with van der Waals surface area (Å²) in [4.78, 5) is 0. The first-order valence-electron chi connectivity index (χ1n) is 6.91. The Labute approximate surface area is 110 Å². The molecule has 0 spiro atoms. The first-order valence-corrected chi connectivity index (χ1v) is 6.91. The van der Waals surface area contributed by atoms with Gasteiger partial charge >= 0.3 is 0 Å². The van der Waals surface area contributed by atoms with E-state index in [0.29, 0.717) is 5.92 Å². The second-order valence-corrected chi connectivity index (χ2v) is 5.72. The molecule has 2 aliphatic rings. The molecule has 1 aromatic carbocycles. The van der Waals surface area contributed by atoms with E-state index in [1.807, 2.05) is 0 Å². The van der Waals surface area contributed by atoms with Gasteiger partial charge in [-0.2, -0.15) is 0 Å². The maximum atomic E-state index is 2.49. The number of hydrazine groups is 1. The second-order valence-electron chi connectivity index (χ2n) is 5.72. The number of nitrogens with zero attached hydrogens (tertiary/aromatic N) is 2. The van der Waals surface area contributed by atoms with Crippen LogP contribution in [0.15, 0.2) is 24.4 Å². The Morgan fingerprint density at radius 3 is 2.44 bits per heavy atom. The Hall–Kier alpha value is -1.28. The van der Waals surface area contributed by atoms with Gasteiger partial charge in [0.25, 0.3) is 0 Å². The quantitative estimate of drug-likeness (QED) is 0.746. The van der Waals surface area contributed by atoms with Crippen molar-refractivity contribution in [2.45, 2.75) is 33.1 Å². The lowest BCUT2D eigenvalue weighted by molar-refractivity contribution is 0.0722. The van der Waals surface area contributed by atoms with Crippen molar-refractivity contribution < 1.29 is 0 Å². The first kappa shape index (κ1) is 11.8. The maximum absolute atomic E-state index is 2.49. The van der Waals surface area contributed by atoms with Crippen molar-refractivity contribution in [1.82, 2.24) is 10.0 Å². The second kappa shape index (κ2) is 4.43. The molecule has 0 aliphatic carbocycles. The molecule has 2 nitrogen and oxygen atoms in total.